The van der Waals surface area contributed by atoms with Crippen LogP contribution >= 0.6 is 0 Å². The van der Waals surface area contributed by atoms with E-state index in [4.69, 9.17) is 19.9 Å². The van der Waals surface area contributed by atoms with Crippen molar-refractivity contribution >= 4 is 44.1 Å². The minimum Gasteiger partial charge on any atom is -0.256 e. The molecule has 0 spiro atoms. The van der Waals surface area contributed by atoms with Crippen molar-refractivity contribution < 1.29 is 0 Å². The molecule has 6 aromatic carbocycles. The van der Waals surface area contributed by atoms with Crippen LogP contribution in [0.1, 0.15) is 22.9 Å². The van der Waals surface area contributed by atoms with Crippen LogP contribution in [0.25, 0.3) is 78.0 Å². The van der Waals surface area contributed by atoms with Gasteiger partial charge in [-0.3, -0.25) is 4.98 Å². The van der Waals surface area contributed by atoms with Crippen molar-refractivity contribution in [1.82, 2.24) is 19.9 Å². The summed E-state index contributed by atoms with van der Waals surface area (Å²) >= 11 is 0. The van der Waals surface area contributed by atoms with Gasteiger partial charge in [-0.05, 0) is 62.5 Å². The molecule has 234 valence electrons. The first-order chi connectivity index (χ1) is 24.8. The summed E-state index contributed by atoms with van der Waals surface area (Å²) in [5.41, 5.74) is 8.72. The van der Waals surface area contributed by atoms with Gasteiger partial charge in [0.1, 0.15) is 0 Å². The molecule has 0 fully saturated rings. The van der Waals surface area contributed by atoms with E-state index < -0.39 is 0 Å². The van der Waals surface area contributed by atoms with Gasteiger partial charge in [0, 0.05) is 45.7 Å². The van der Waals surface area contributed by atoms with E-state index in [9.17, 15) is 0 Å². The zero-order valence-electron chi connectivity index (χ0n) is 27.1. The summed E-state index contributed by atoms with van der Waals surface area (Å²) in [6.07, 6.45) is 13.1. The molecule has 8 aromatic rings. The predicted molar refractivity (Wildman–Crippen MR) is 205 cm³/mol. The van der Waals surface area contributed by atoms with Crippen LogP contribution < -0.4 is 0 Å². The summed E-state index contributed by atoms with van der Waals surface area (Å²) < 4.78 is 0. The molecule has 4 nitrogen and oxygen atoms in total. The highest BCUT2D eigenvalue weighted by atomic mass is 15.0. The molecule has 2 atom stereocenters. The van der Waals surface area contributed by atoms with E-state index in [2.05, 4.69) is 146 Å². The first-order valence-corrected chi connectivity index (χ1v) is 17.1. The summed E-state index contributed by atoms with van der Waals surface area (Å²) in [5.74, 6) is 2.36. The average molecular weight is 639 g/mol. The number of para-hydroxylation sites is 1. The fourth-order valence-electron chi connectivity index (χ4n) is 7.66. The lowest BCUT2D eigenvalue weighted by molar-refractivity contribution is 0.702. The molecular weight excluding hydrogens is 609 g/mol. The Hall–Kier alpha value is -6.52. The van der Waals surface area contributed by atoms with Gasteiger partial charge < -0.3 is 0 Å². The van der Waals surface area contributed by atoms with Gasteiger partial charge in [-0.2, -0.15) is 0 Å². The molecule has 2 aromatic heterocycles. The smallest absolute Gasteiger partial charge is 0.164 e. The normalized spacial score (nSPS) is 16.4. The number of benzene rings is 6. The van der Waals surface area contributed by atoms with E-state index in [1.165, 1.54) is 21.9 Å². The fraction of sp³-hybridized carbons (Fsp3) is 0.0435. The lowest BCUT2D eigenvalue weighted by Crippen LogP contribution is -2.19. The molecule has 0 radical (unpaired) electrons. The van der Waals surface area contributed by atoms with Gasteiger partial charge in [-0.15, -0.1) is 0 Å². The van der Waals surface area contributed by atoms with Crippen molar-refractivity contribution in [1.29, 1.82) is 0 Å². The van der Waals surface area contributed by atoms with Gasteiger partial charge in [0.2, 0.25) is 0 Å². The monoisotopic (exact) mass is 638 g/mol. The standard InChI is InChI=1S/C46H30N4/c1-4-14-35-31(11-1)26-41(39-18-8-6-16-37(35)39)45-48-44(30-23-21-29(22-24-30)34-25-33-13-3-10-20-43(33)47-28-34)49-46(50-45)42-27-32-12-2-5-15-36(32)38-17-7-9-19-40(38)42/h1-28,37,39H. The second kappa shape index (κ2) is 11.6. The maximum absolute atomic E-state index is 5.31. The SMILES string of the molecule is C1=CC2C(c3nc(-c4ccc(-c5cnc6ccccc6c5)cc4)nc(-c4cc5ccccc5c5ccccc45)n3)=Cc3ccccc3C2C=C1. The zero-order valence-corrected chi connectivity index (χ0v) is 27.1. The maximum Gasteiger partial charge on any atom is 0.164 e. The van der Waals surface area contributed by atoms with E-state index in [-0.39, 0.29) is 11.8 Å². The number of nitrogens with zero attached hydrogens (tertiary/aromatic N) is 4. The Kier molecular flexibility index (Phi) is 6.59. The Balaban J connectivity index is 1.17. The van der Waals surface area contributed by atoms with Crippen molar-refractivity contribution in [2.24, 2.45) is 5.92 Å². The van der Waals surface area contributed by atoms with Crippen LogP contribution in [0.4, 0.5) is 0 Å². The molecule has 0 saturated heterocycles. The summed E-state index contributed by atoms with van der Waals surface area (Å²) in [5, 5.41) is 5.80. The van der Waals surface area contributed by atoms with Crippen LogP contribution in [0.15, 0.2) is 164 Å². The number of rotatable bonds is 4. The highest BCUT2D eigenvalue weighted by molar-refractivity contribution is 6.13. The van der Waals surface area contributed by atoms with Crippen LogP contribution in [0.2, 0.25) is 0 Å². The topological polar surface area (TPSA) is 51.6 Å². The largest absolute Gasteiger partial charge is 0.256 e. The van der Waals surface area contributed by atoms with Crippen LogP contribution in [0.3, 0.4) is 0 Å². The number of hydrogen-bond donors (Lipinski definition) is 0. The van der Waals surface area contributed by atoms with Gasteiger partial charge in [0.05, 0.1) is 5.52 Å². The van der Waals surface area contributed by atoms with Crippen molar-refractivity contribution in [3.8, 4) is 33.9 Å². The second-order valence-corrected chi connectivity index (χ2v) is 13.0. The summed E-state index contributed by atoms with van der Waals surface area (Å²) in [6.45, 7) is 0. The van der Waals surface area contributed by atoms with Crippen LogP contribution in [0, 0.1) is 5.92 Å². The number of aromatic nitrogens is 4. The van der Waals surface area contributed by atoms with Crippen molar-refractivity contribution in [2.75, 3.05) is 0 Å². The Morgan fingerprint density at radius 3 is 2.00 bits per heavy atom. The van der Waals surface area contributed by atoms with Gasteiger partial charge in [0.15, 0.2) is 17.5 Å². The third-order valence-corrected chi connectivity index (χ3v) is 10.1. The number of fused-ring (bicyclic) bond motifs is 7. The quantitative estimate of drug-likeness (QED) is 0.180. The minimum atomic E-state index is 0.120. The van der Waals surface area contributed by atoms with Crippen molar-refractivity contribution in [3.05, 3.63) is 181 Å². The summed E-state index contributed by atoms with van der Waals surface area (Å²) in [4.78, 5) is 20.5. The molecule has 2 heterocycles. The van der Waals surface area contributed by atoms with E-state index in [0.717, 1.165) is 49.5 Å². The van der Waals surface area contributed by atoms with Gasteiger partial charge in [-0.1, -0.05) is 140 Å². The summed E-state index contributed by atoms with van der Waals surface area (Å²) in [6, 6.07) is 46.9. The molecular formula is C46H30N4. The first kappa shape index (κ1) is 28.5. The molecule has 0 N–H and O–H groups in total. The predicted octanol–water partition coefficient (Wildman–Crippen LogP) is 11.1. The van der Waals surface area contributed by atoms with E-state index in [0.29, 0.717) is 17.5 Å². The van der Waals surface area contributed by atoms with E-state index in [1.807, 2.05) is 24.4 Å². The summed E-state index contributed by atoms with van der Waals surface area (Å²) in [7, 11) is 0. The third kappa shape index (κ3) is 4.76. The first-order valence-electron chi connectivity index (χ1n) is 17.1. The Morgan fingerprint density at radius 1 is 0.460 bits per heavy atom. The lowest BCUT2D eigenvalue weighted by Gasteiger charge is -2.32. The molecule has 50 heavy (non-hydrogen) atoms. The number of allylic oxidation sites excluding steroid dienone is 5. The molecule has 4 heteroatoms. The fourth-order valence-corrected chi connectivity index (χ4v) is 7.66. The third-order valence-electron chi connectivity index (χ3n) is 10.1. The molecule has 0 amide bonds. The van der Waals surface area contributed by atoms with Crippen molar-refractivity contribution in [3.63, 3.8) is 0 Å². The van der Waals surface area contributed by atoms with Crippen molar-refractivity contribution in [2.45, 2.75) is 5.92 Å². The Labute approximate surface area is 289 Å². The molecule has 0 aliphatic heterocycles. The second-order valence-electron chi connectivity index (χ2n) is 13.0. The van der Waals surface area contributed by atoms with E-state index >= 15 is 0 Å². The van der Waals surface area contributed by atoms with Crippen LogP contribution in [-0.2, 0) is 0 Å². The Bertz CT molecular complexity index is 2720. The van der Waals surface area contributed by atoms with E-state index in [1.54, 1.807) is 0 Å². The van der Waals surface area contributed by atoms with Gasteiger partial charge in [0.25, 0.3) is 0 Å². The highest BCUT2D eigenvalue weighted by Gasteiger charge is 2.32. The Morgan fingerprint density at radius 2 is 1.12 bits per heavy atom. The lowest BCUT2D eigenvalue weighted by atomic mass is 9.72. The molecule has 10 rings (SSSR count). The minimum absolute atomic E-state index is 0.120. The van der Waals surface area contributed by atoms with Crippen LogP contribution in [-0.4, -0.2) is 19.9 Å². The van der Waals surface area contributed by atoms with Gasteiger partial charge >= 0.3 is 0 Å². The highest BCUT2D eigenvalue weighted by Crippen LogP contribution is 2.45. The maximum atomic E-state index is 5.31. The average Bonchev–Trinajstić information content (AvgIpc) is 3.20. The molecule has 2 aliphatic rings. The zero-order chi connectivity index (χ0) is 33.0. The molecule has 0 bridgehead atoms. The molecule has 2 aliphatic carbocycles. The van der Waals surface area contributed by atoms with Gasteiger partial charge in [-0.25, -0.2) is 15.0 Å². The molecule has 0 saturated carbocycles. The van der Waals surface area contributed by atoms with Crippen LogP contribution in [0.5, 0.6) is 0 Å². The number of hydrogen-bond acceptors (Lipinski definition) is 4. The molecule has 2 unspecified atom stereocenters. The number of pyridine rings is 1.